The first-order valence-corrected chi connectivity index (χ1v) is 12.1. The summed E-state index contributed by atoms with van der Waals surface area (Å²) in [4.78, 5) is 25.3. The van der Waals surface area contributed by atoms with E-state index in [9.17, 15) is 9.59 Å². The number of nitrogens with one attached hydrogen (secondary N) is 1. The van der Waals surface area contributed by atoms with Gasteiger partial charge in [0.1, 0.15) is 11.7 Å². The van der Waals surface area contributed by atoms with Gasteiger partial charge in [-0.3, -0.25) is 4.79 Å². The number of rotatable bonds is 7. The molecule has 5 nitrogen and oxygen atoms in total. The van der Waals surface area contributed by atoms with E-state index in [-0.39, 0.29) is 17.9 Å². The molecule has 3 atom stereocenters. The molecule has 1 heterocycles. The predicted octanol–water partition coefficient (Wildman–Crippen LogP) is 5.96. The van der Waals surface area contributed by atoms with Gasteiger partial charge in [-0.1, -0.05) is 84.9 Å². The fourth-order valence-corrected chi connectivity index (χ4v) is 4.43. The van der Waals surface area contributed by atoms with Gasteiger partial charge in [0, 0.05) is 6.42 Å². The number of hydrogen-bond acceptors (Lipinski definition) is 4. The van der Waals surface area contributed by atoms with Crippen molar-refractivity contribution in [1.82, 2.24) is 5.32 Å². The Morgan fingerprint density at radius 2 is 1.51 bits per heavy atom. The lowest BCUT2D eigenvalue weighted by Crippen LogP contribution is -2.46. The largest absolute Gasteiger partial charge is 0.460 e. The standard InChI is InChI=1S/C30H33NO4/c1-30(2,3)35-29(33)31-26(19-21-10-6-4-7-11-21)27-20-25(28(32)34-27)18-22-14-16-24(17-15-22)23-12-8-5-9-13-23/h4-17,25-27H,18-20H2,1-3H3,(H,31,33)/t25-,26+,27+/m1/s1. The summed E-state index contributed by atoms with van der Waals surface area (Å²) < 4.78 is 11.3. The Morgan fingerprint density at radius 3 is 2.14 bits per heavy atom. The summed E-state index contributed by atoms with van der Waals surface area (Å²) in [6.07, 6.45) is 0.788. The second-order valence-electron chi connectivity index (χ2n) is 10.1. The summed E-state index contributed by atoms with van der Waals surface area (Å²) in [6, 6.07) is 28.0. The summed E-state index contributed by atoms with van der Waals surface area (Å²) in [5.74, 6) is -0.465. The Hall–Kier alpha value is -3.60. The fraction of sp³-hybridized carbons (Fsp3) is 0.333. The van der Waals surface area contributed by atoms with Crippen molar-refractivity contribution >= 4 is 12.1 Å². The van der Waals surface area contributed by atoms with E-state index in [1.807, 2.05) is 69.3 Å². The molecule has 1 fully saturated rings. The molecular formula is C30H33NO4. The van der Waals surface area contributed by atoms with Crippen LogP contribution in [-0.2, 0) is 27.1 Å². The van der Waals surface area contributed by atoms with Crippen molar-refractivity contribution in [2.45, 2.75) is 57.8 Å². The molecule has 1 aliphatic rings. The Balaban J connectivity index is 1.43. The smallest absolute Gasteiger partial charge is 0.408 e. The molecule has 0 saturated carbocycles. The van der Waals surface area contributed by atoms with Crippen molar-refractivity contribution in [2.24, 2.45) is 5.92 Å². The molecule has 1 amide bonds. The first kappa shape index (κ1) is 24.5. The third kappa shape index (κ3) is 6.95. The van der Waals surface area contributed by atoms with Crippen LogP contribution in [0.15, 0.2) is 84.9 Å². The molecule has 0 unspecified atom stereocenters. The molecule has 4 rings (SSSR count). The number of carbonyl (C=O) groups excluding carboxylic acids is 2. The minimum Gasteiger partial charge on any atom is -0.460 e. The SMILES string of the molecule is CC(C)(C)OC(=O)N[C@@H](Cc1ccccc1)[C@@H]1C[C@@H](Cc2ccc(-c3ccccc3)cc2)C(=O)O1. The molecule has 182 valence electrons. The summed E-state index contributed by atoms with van der Waals surface area (Å²) in [7, 11) is 0. The van der Waals surface area contributed by atoms with Gasteiger partial charge in [-0.25, -0.2) is 4.79 Å². The first-order valence-electron chi connectivity index (χ1n) is 12.1. The van der Waals surface area contributed by atoms with Crippen LogP contribution in [0.2, 0.25) is 0 Å². The van der Waals surface area contributed by atoms with Crippen molar-refractivity contribution in [3.8, 4) is 11.1 Å². The zero-order chi connectivity index (χ0) is 24.8. The fourth-order valence-electron chi connectivity index (χ4n) is 4.43. The minimum atomic E-state index is -0.609. The molecule has 0 aromatic heterocycles. The van der Waals surface area contributed by atoms with Crippen LogP contribution in [0.3, 0.4) is 0 Å². The van der Waals surface area contributed by atoms with Gasteiger partial charge >= 0.3 is 12.1 Å². The van der Waals surface area contributed by atoms with E-state index in [1.165, 1.54) is 0 Å². The van der Waals surface area contributed by atoms with Crippen molar-refractivity contribution < 1.29 is 19.1 Å². The maximum absolute atomic E-state index is 12.8. The summed E-state index contributed by atoms with van der Waals surface area (Å²) in [5, 5.41) is 2.96. The molecule has 0 spiro atoms. The Labute approximate surface area is 207 Å². The van der Waals surface area contributed by atoms with E-state index >= 15 is 0 Å². The highest BCUT2D eigenvalue weighted by Gasteiger charge is 2.40. The zero-order valence-electron chi connectivity index (χ0n) is 20.6. The maximum Gasteiger partial charge on any atom is 0.408 e. The number of cyclic esters (lactones) is 1. The number of benzene rings is 3. The van der Waals surface area contributed by atoms with Crippen LogP contribution in [0.25, 0.3) is 11.1 Å². The van der Waals surface area contributed by atoms with Crippen molar-refractivity contribution in [3.05, 3.63) is 96.1 Å². The van der Waals surface area contributed by atoms with E-state index in [4.69, 9.17) is 9.47 Å². The molecule has 0 radical (unpaired) electrons. The average Bonchev–Trinajstić information content (AvgIpc) is 3.19. The normalized spacial score (nSPS) is 18.5. The van der Waals surface area contributed by atoms with Gasteiger partial charge in [-0.2, -0.15) is 0 Å². The third-order valence-electron chi connectivity index (χ3n) is 6.11. The summed E-state index contributed by atoms with van der Waals surface area (Å²) in [6.45, 7) is 5.48. The number of ether oxygens (including phenoxy) is 2. The van der Waals surface area contributed by atoms with E-state index in [1.54, 1.807) is 0 Å². The number of esters is 1. The highest BCUT2D eigenvalue weighted by molar-refractivity contribution is 5.75. The van der Waals surface area contributed by atoms with E-state index < -0.39 is 17.8 Å². The lowest BCUT2D eigenvalue weighted by atomic mass is 9.91. The van der Waals surface area contributed by atoms with Crippen molar-refractivity contribution in [2.75, 3.05) is 0 Å². The molecule has 0 aliphatic carbocycles. The molecule has 1 aliphatic heterocycles. The van der Waals surface area contributed by atoms with Crippen LogP contribution >= 0.6 is 0 Å². The molecule has 3 aromatic rings. The lowest BCUT2D eigenvalue weighted by Gasteiger charge is -2.26. The van der Waals surface area contributed by atoms with Gasteiger partial charge in [0.05, 0.1) is 12.0 Å². The van der Waals surface area contributed by atoms with E-state index in [0.717, 1.165) is 22.3 Å². The van der Waals surface area contributed by atoms with Crippen molar-refractivity contribution in [3.63, 3.8) is 0 Å². The van der Waals surface area contributed by atoms with Crippen LogP contribution in [0.4, 0.5) is 4.79 Å². The number of amides is 1. The van der Waals surface area contributed by atoms with Gasteiger partial charge in [0.25, 0.3) is 0 Å². The van der Waals surface area contributed by atoms with Gasteiger partial charge in [0.15, 0.2) is 0 Å². The van der Waals surface area contributed by atoms with E-state index in [0.29, 0.717) is 19.3 Å². The van der Waals surface area contributed by atoms with Crippen LogP contribution in [0.5, 0.6) is 0 Å². The monoisotopic (exact) mass is 471 g/mol. The Kier molecular flexibility index (Phi) is 7.54. The van der Waals surface area contributed by atoms with Gasteiger partial charge in [0.2, 0.25) is 0 Å². The van der Waals surface area contributed by atoms with Gasteiger partial charge < -0.3 is 14.8 Å². The maximum atomic E-state index is 12.8. The molecular weight excluding hydrogens is 438 g/mol. The first-order chi connectivity index (χ1) is 16.8. The molecule has 1 N–H and O–H groups in total. The van der Waals surface area contributed by atoms with Crippen molar-refractivity contribution in [1.29, 1.82) is 0 Å². The second kappa shape index (κ2) is 10.8. The molecule has 1 saturated heterocycles. The molecule has 3 aromatic carbocycles. The van der Waals surface area contributed by atoms with Crippen LogP contribution in [-0.4, -0.2) is 29.8 Å². The Morgan fingerprint density at radius 1 is 0.914 bits per heavy atom. The highest BCUT2D eigenvalue weighted by atomic mass is 16.6. The van der Waals surface area contributed by atoms with Gasteiger partial charge in [-0.15, -0.1) is 0 Å². The third-order valence-corrected chi connectivity index (χ3v) is 6.11. The van der Waals surface area contributed by atoms with Gasteiger partial charge in [-0.05, 0) is 55.9 Å². The topological polar surface area (TPSA) is 64.6 Å². The van der Waals surface area contributed by atoms with E-state index in [2.05, 4.69) is 41.7 Å². The van der Waals surface area contributed by atoms with Crippen LogP contribution in [0.1, 0.15) is 38.3 Å². The second-order valence-corrected chi connectivity index (χ2v) is 10.1. The number of alkyl carbamates (subject to hydrolysis) is 1. The van der Waals surface area contributed by atoms with Crippen LogP contribution in [0, 0.1) is 5.92 Å². The Bertz CT molecular complexity index is 1120. The minimum absolute atomic E-state index is 0.216. The lowest BCUT2D eigenvalue weighted by molar-refractivity contribution is -0.145. The quantitative estimate of drug-likeness (QED) is 0.432. The average molecular weight is 472 g/mol. The summed E-state index contributed by atoms with van der Waals surface area (Å²) in [5.41, 5.74) is 3.85. The molecule has 35 heavy (non-hydrogen) atoms. The molecule has 0 bridgehead atoms. The van der Waals surface area contributed by atoms with Crippen LogP contribution < -0.4 is 5.32 Å². The molecule has 5 heteroatoms. The predicted molar refractivity (Wildman–Crippen MR) is 137 cm³/mol. The summed E-state index contributed by atoms with van der Waals surface area (Å²) >= 11 is 0. The zero-order valence-corrected chi connectivity index (χ0v) is 20.6. The number of carbonyl (C=O) groups is 2. The highest BCUT2D eigenvalue weighted by Crippen LogP contribution is 2.29. The number of hydrogen-bond donors (Lipinski definition) is 1.